The van der Waals surface area contributed by atoms with Gasteiger partial charge in [0.2, 0.25) is 0 Å². The molecule has 0 radical (unpaired) electrons. The third kappa shape index (κ3) is 2.28. The summed E-state index contributed by atoms with van der Waals surface area (Å²) in [5.74, 6) is 0.637. The maximum Gasteiger partial charge on any atom is 0.0490 e. The summed E-state index contributed by atoms with van der Waals surface area (Å²) < 4.78 is 0. The molecule has 1 N–H and O–H groups in total. The van der Waals surface area contributed by atoms with E-state index < -0.39 is 0 Å². The van der Waals surface area contributed by atoms with E-state index in [0.717, 1.165) is 13.1 Å². The fraction of sp³-hybridized carbons (Fsp3) is 0.462. The Morgan fingerprint density at radius 2 is 2.47 bits per heavy atom. The molecular weight excluding hydrogens is 230 g/mol. The Kier molecular flexibility index (Phi) is 2.99. The van der Waals surface area contributed by atoms with Gasteiger partial charge in [-0.2, -0.15) is 5.10 Å². The van der Waals surface area contributed by atoms with Crippen molar-refractivity contribution in [3.05, 3.63) is 39.8 Å². The SMILES string of the molecule is Cc1ccsc1CN1CC[C@@H](c2ccn[nH]2)C1. The van der Waals surface area contributed by atoms with E-state index in [2.05, 4.69) is 39.5 Å². The van der Waals surface area contributed by atoms with Gasteiger partial charge >= 0.3 is 0 Å². The van der Waals surface area contributed by atoms with Gasteiger partial charge in [-0.25, -0.2) is 0 Å². The minimum atomic E-state index is 0.637. The minimum Gasteiger partial charge on any atom is -0.298 e. The molecule has 3 rings (SSSR count). The number of nitrogens with one attached hydrogen (secondary N) is 1. The normalized spacial score (nSPS) is 21.1. The molecule has 0 amide bonds. The molecule has 0 aromatic carbocycles. The molecule has 2 aromatic rings. The summed E-state index contributed by atoms with van der Waals surface area (Å²) in [5.41, 5.74) is 2.72. The molecule has 2 aromatic heterocycles. The first-order chi connectivity index (χ1) is 8.33. The Morgan fingerprint density at radius 1 is 1.53 bits per heavy atom. The molecule has 17 heavy (non-hydrogen) atoms. The zero-order valence-corrected chi connectivity index (χ0v) is 10.8. The first-order valence-corrected chi connectivity index (χ1v) is 6.95. The number of thiophene rings is 1. The van der Waals surface area contributed by atoms with E-state index in [9.17, 15) is 0 Å². The Bertz CT molecular complexity index is 475. The van der Waals surface area contributed by atoms with E-state index >= 15 is 0 Å². The van der Waals surface area contributed by atoms with Gasteiger partial charge in [-0.1, -0.05) is 0 Å². The molecule has 0 unspecified atom stereocenters. The second kappa shape index (κ2) is 4.63. The van der Waals surface area contributed by atoms with Crippen molar-refractivity contribution in [1.82, 2.24) is 15.1 Å². The van der Waals surface area contributed by atoms with E-state index in [0.29, 0.717) is 5.92 Å². The molecule has 1 aliphatic rings. The largest absolute Gasteiger partial charge is 0.298 e. The number of hydrogen-bond acceptors (Lipinski definition) is 3. The zero-order valence-electron chi connectivity index (χ0n) is 10.0. The third-order valence-electron chi connectivity index (χ3n) is 3.57. The quantitative estimate of drug-likeness (QED) is 0.904. The summed E-state index contributed by atoms with van der Waals surface area (Å²) in [7, 11) is 0. The van der Waals surface area contributed by atoms with Crippen molar-refractivity contribution < 1.29 is 0 Å². The Morgan fingerprint density at radius 3 is 3.18 bits per heavy atom. The van der Waals surface area contributed by atoms with Crippen LogP contribution in [0.1, 0.15) is 28.5 Å². The average molecular weight is 247 g/mol. The van der Waals surface area contributed by atoms with E-state index in [4.69, 9.17) is 0 Å². The van der Waals surface area contributed by atoms with Gasteiger partial charge in [-0.15, -0.1) is 11.3 Å². The molecule has 0 aliphatic carbocycles. The summed E-state index contributed by atoms with van der Waals surface area (Å²) in [6.45, 7) is 5.66. The lowest BCUT2D eigenvalue weighted by Crippen LogP contribution is -2.19. The van der Waals surface area contributed by atoms with Crippen molar-refractivity contribution in [2.45, 2.75) is 25.8 Å². The van der Waals surface area contributed by atoms with Gasteiger partial charge in [-0.3, -0.25) is 10.00 Å². The summed E-state index contributed by atoms with van der Waals surface area (Å²) in [5, 5.41) is 9.32. The van der Waals surface area contributed by atoms with Gasteiger partial charge in [0.05, 0.1) is 0 Å². The highest BCUT2D eigenvalue weighted by Crippen LogP contribution is 2.28. The smallest absolute Gasteiger partial charge is 0.0490 e. The van der Waals surface area contributed by atoms with E-state index in [1.54, 1.807) is 0 Å². The molecular formula is C13H17N3S. The van der Waals surface area contributed by atoms with Crippen LogP contribution in [-0.2, 0) is 6.54 Å². The van der Waals surface area contributed by atoms with Crippen molar-refractivity contribution in [2.75, 3.05) is 13.1 Å². The summed E-state index contributed by atoms with van der Waals surface area (Å²) >= 11 is 1.87. The van der Waals surface area contributed by atoms with Crippen molar-refractivity contribution in [3.63, 3.8) is 0 Å². The molecule has 0 spiro atoms. The number of rotatable bonds is 3. The standard InChI is InChI=1S/C13H17N3S/c1-10-4-7-17-13(10)9-16-6-3-11(8-16)12-2-5-14-15-12/h2,4-5,7,11H,3,6,8-9H2,1H3,(H,14,15)/t11-/m1/s1. The van der Waals surface area contributed by atoms with E-state index in [1.807, 2.05) is 17.5 Å². The third-order valence-corrected chi connectivity index (χ3v) is 4.58. The van der Waals surface area contributed by atoms with Crippen LogP contribution >= 0.6 is 11.3 Å². The zero-order chi connectivity index (χ0) is 11.7. The van der Waals surface area contributed by atoms with Gasteiger partial charge < -0.3 is 0 Å². The lowest BCUT2D eigenvalue weighted by Gasteiger charge is -2.15. The number of aryl methyl sites for hydroxylation is 1. The highest BCUT2D eigenvalue weighted by atomic mass is 32.1. The summed E-state index contributed by atoms with van der Waals surface area (Å²) in [6, 6.07) is 4.31. The van der Waals surface area contributed by atoms with Crippen molar-refractivity contribution >= 4 is 11.3 Å². The monoisotopic (exact) mass is 247 g/mol. The number of H-pyrrole nitrogens is 1. The molecule has 1 saturated heterocycles. The highest BCUT2D eigenvalue weighted by Gasteiger charge is 2.25. The van der Waals surface area contributed by atoms with Crippen LogP contribution in [-0.4, -0.2) is 28.2 Å². The fourth-order valence-corrected chi connectivity index (χ4v) is 3.44. The second-order valence-corrected chi connectivity index (χ2v) is 5.76. The first-order valence-electron chi connectivity index (χ1n) is 6.07. The van der Waals surface area contributed by atoms with Crippen molar-refractivity contribution in [2.24, 2.45) is 0 Å². The maximum absolute atomic E-state index is 4.04. The van der Waals surface area contributed by atoms with Crippen LogP contribution in [0.25, 0.3) is 0 Å². The molecule has 0 saturated carbocycles. The van der Waals surface area contributed by atoms with Gasteiger partial charge in [0.1, 0.15) is 0 Å². The van der Waals surface area contributed by atoms with Gasteiger partial charge in [0.25, 0.3) is 0 Å². The topological polar surface area (TPSA) is 31.9 Å². The number of hydrogen-bond donors (Lipinski definition) is 1. The number of likely N-dealkylation sites (tertiary alicyclic amines) is 1. The maximum atomic E-state index is 4.04. The Hall–Kier alpha value is -1.13. The Labute approximate surface area is 105 Å². The van der Waals surface area contributed by atoms with Crippen LogP contribution in [0.3, 0.4) is 0 Å². The lowest BCUT2D eigenvalue weighted by atomic mass is 10.1. The lowest BCUT2D eigenvalue weighted by molar-refractivity contribution is 0.328. The molecule has 3 heterocycles. The van der Waals surface area contributed by atoms with Crippen molar-refractivity contribution in [3.8, 4) is 0 Å². The minimum absolute atomic E-state index is 0.637. The van der Waals surface area contributed by atoms with Gasteiger partial charge in [-0.05, 0) is 43.0 Å². The summed E-state index contributed by atoms with van der Waals surface area (Å²) in [4.78, 5) is 4.06. The van der Waals surface area contributed by atoms with Gasteiger partial charge in [0, 0.05) is 35.8 Å². The first kappa shape index (κ1) is 11.0. The molecule has 1 fully saturated rings. The van der Waals surface area contributed by atoms with Crippen LogP contribution in [0, 0.1) is 6.92 Å². The average Bonchev–Trinajstić information content (AvgIpc) is 3.02. The molecule has 1 atom stereocenters. The fourth-order valence-electron chi connectivity index (χ4n) is 2.49. The molecule has 3 nitrogen and oxygen atoms in total. The predicted octanol–water partition coefficient (Wildman–Crippen LogP) is 2.77. The molecule has 90 valence electrons. The predicted molar refractivity (Wildman–Crippen MR) is 70.3 cm³/mol. The Balaban J connectivity index is 1.63. The molecule has 4 heteroatoms. The van der Waals surface area contributed by atoms with Crippen LogP contribution in [0.4, 0.5) is 0 Å². The number of nitrogens with zero attached hydrogens (tertiary/aromatic N) is 2. The highest BCUT2D eigenvalue weighted by molar-refractivity contribution is 7.10. The van der Waals surface area contributed by atoms with E-state index in [1.165, 1.54) is 29.1 Å². The van der Waals surface area contributed by atoms with Gasteiger partial charge in [0.15, 0.2) is 0 Å². The second-order valence-electron chi connectivity index (χ2n) is 4.76. The van der Waals surface area contributed by atoms with Crippen LogP contribution in [0.5, 0.6) is 0 Å². The van der Waals surface area contributed by atoms with Crippen LogP contribution in [0.15, 0.2) is 23.7 Å². The van der Waals surface area contributed by atoms with Crippen molar-refractivity contribution in [1.29, 1.82) is 0 Å². The van der Waals surface area contributed by atoms with Crippen LogP contribution < -0.4 is 0 Å². The van der Waals surface area contributed by atoms with E-state index in [-0.39, 0.29) is 0 Å². The summed E-state index contributed by atoms with van der Waals surface area (Å²) in [6.07, 6.45) is 3.09. The number of aromatic nitrogens is 2. The van der Waals surface area contributed by atoms with Crippen LogP contribution in [0.2, 0.25) is 0 Å². The molecule has 0 bridgehead atoms. The molecule has 1 aliphatic heterocycles. The number of aromatic amines is 1.